The number of likely N-dealkylation sites (tertiary alicyclic amines) is 1. The molecule has 28 heavy (non-hydrogen) atoms. The van der Waals surface area contributed by atoms with E-state index in [-0.39, 0.29) is 22.3 Å². The largest absolute Gasteiger partial charge is 0.490 e. The minimum absolute atomic E-state index is 0.109. The number of ether oxygens (including phenoxy) is 1. The van der Waals surface area contributed by atoms with Gasteiger partial charge in [-0.3, -0.25) is 4.90 Å². The fraction of sp³-hybridized carbons (Fsp3) is 0.429. The molecule has 2 heterocycles. The van der Waals surface area contributed by atoms with Crippen LogP contribution in [0.3, 0.4) is 0 Å². The number of hydrogen-bond donors (Lipinski definition) is 0. The molecule has 0 unspecified atom stereocenters. The SMILES string of the molecule is N#Cc1ccc(S(=O)(=O)C[C@@H]2CCN(Cc3ccc(OC4CC4)cc3)C2)cn1. The molecule has 2 aliphatic rings. The number of nitrogens with zero attached hydrogens (tertiary/aromatic N) is 3. The summed E-state index contributed by atoms with van der Waals surface area (Å²) in [4.78, 5) is 6.37. The van der Waals surface area contributed by atoms with E-state index in [0.29, 0.717) is 6.10 Å². The summed E-state index contributed by atoms with van der Waals surface area (Å²) in [6.07, 6.45) is 4.85. The van der Waals surface area contributed by atoms with Crippen molar-refractivity contribution >= 4 is 9.84 Å². The average molecular weight is 398 g/mol. The highest BCUT2D eigenvalue weighted by atomic mass is 32.2. The van der Waals surface area contributed by atoms with E-state index in [0.717, 1.165) is 44.6 Å². The van der Waals surface area contributed by atoms with Gasteiger partial charge in [-0.25, -0.2) is 13.4 Å². The fourth-order valence-electron chi connectivity index (χ4n) is 3.54. The van der Waals surface area contributed by atoms with E-state index < -0.39 is 9.84 Å². The Morgan fingerprint density at radius 2 is 1.93 bits per heavy atom. The van der Waals surface area contributed by atoms with Crippen LogP contribution in [-0.4, -0.2) is 43.2 Å². The van der Waals surface area contributed by atoms with E-state index in [1.165, 1.54) is 23.9 Å². The molecule has 4 rings (SSSR count). The third-order valence-electron chi connectivity index (χ3n) is 5.19. The lowest BCUT2D eigenvalue weighted by atomic mass is 10.1. The van der Waals surface area contributed by atoms with Crippen molar-refractivity contribution < 1.29 is 13.2 Å². The average Bonchev–Trinajstić information content (AvgIpc) is 3.41. The van der Waals surface area contributed by atoms with Crippen molar-refractivity contribution in [2.24, 2.45) is 5.92 Å². The first kappa shape index (κ1) is 18.9. The predicted octanol–water partition coefficient (Wildman–Crippen LogP) is 2.79. The molecule has 1 aromatic carbocycles. The lowest BCUT2D eigenvalue weighted by Gasteiger charge is -2.16. The Morgan fingerprint density at radius 3 is 2.57 bits per heavy atom. The van der Waals surface area contributed by atoms with Crippen LogP contribution in [0.15, 0.2) is 47.5 Å². The first-order valence-electron chi connectivity index (χ1n) is 9.59. The normalized spacial score (nSPS) is 20.0. The Balaban J connectivity index is 1.31. The zero-order valence-corrected chi connectivity index (χ0v) is 16.4. The standard InChI is InChI=1S/C21H23N3O3S/c22-11-18-3-8-21(12-23-18)28(25,26)15-17-9-10-24(14-17)13-16-1-4-19(5-2-16)27-20-6-7-20/h1-5,8,12,17,20H,6-7,9-10,13-15H2/t17-/m1/s1. The Kier molecular flexibility index (Phi) is 5.33. The van der Waals surface area contributed by atoms with Crippen LogP contribution in [0.5, 0.6) is 5.75 Å². The molecular weight excluding hydrogens is 374 g/mol. The molecule has 0 amide bonds. The van der Waals surface area contributed by atoms with Crippen LogP contribution < -0.4 is 4.74 Å². The molecule has 1 aliphatic carbocycles. The lowest BCUT2D eigenvalue weighted by molar-refractivity contribution is 0.302. The number of rotatable bonds is 7. The maximum atomic E-state index is 12.6. The summed E-state index contributed by atoms with van der Waals surface area (Å²) in [5.74, 6) is 1.15. The van der Waals surface area contributed by atoms with Gasteiger partial charge in [0.25, 0.3) is 0 Å². The Hall–Kier alpha value is -2.43. The van der Waals surface area contributed by atoms with Crippen LogP contribution in [0.25, 0.3) is 0 Å². The van der Waals surface area contributed by atoms with Crippen molar-refractivity contribution in [3.63, 3.8) is 0 Å². The Labute approximate surface area is 165 Å². The highest BCUT2D eigenvalue weighted by Gasteiger charge is 2.28. The summed E-state index contributed by atoms with van der Waals surface area (Å²) in [7, 11) is -3.39. The number of pyridine rings is 1. The number of aromatic nitrogens is 1. The summed E-state index contributed by atoms with van der Waals surface area (Å²) in [6, 6.07) is 13.0. The summed E-state index contributed by atoms with van der Waals surface area (Å²) >= 11 is 0. The monoisotopic (exact) mass is 397 g/mol. The molecule has 2 aromatic rings. The van der Waals surface area contributed by atoms with Crippen LogP contribution in [0, 0.1) is 17.2 Å². The second-order valence-electron chi connectivity index (χ2n) is 7.62. The van der Waals surface area contributed by atoms with Crippen molar-refractivity contribution in [3.8, 4) is 11.8 Å². The van der Waals surface area contributed by atoms with E-state index >= 15 is 0 Å². The summed E-state index contributed by atoms with van der Waals surface area (Å²) in [5.41, 5.74) is 1.43. The minimum Gasteiger partial charge on any atom is -0.490 e. The van der Waals surface area contributed by atoms with Crippen molar-refractivity contribution in [2.75, 3.05) is 18.8 Å². The van der Waals surface area contributed by atoms with Crippen LogP contribution in [0.4, 0.5) is 0 Å². The maximum Gasteiger partial charge on any atom is 0.180 e. The van der Waals surface area contributed by atoms with Crippen molar-refractivity contribution in [2.45, 2.75) is 36.8 Å². The molecule has 2 fully saturated rings. The first-order valence-corrected chi connectivity index (χ1v) is 11.2. The molecule has 6 nitrogen and oxygen atoms in total. The quantitative estimate of drug-likeness (QED) is 0.714. The zero-order valence-electron chi connectivity index (χ0n) is 15.6. The maximum absolute atomic E-state index is 12.6. The van der Waals surface area contributed by atoms with Gasteiger partial charge in [0.1, 0.15) is 17.5 Å². The van der Waals surface area contributed by atoms with Crippen molar-refractivity contribution in [1.82, 2.24) is 9.88 Å². The number of sulfone groups is 1. The van der Waals surface area contributed by atoms with Gasteiger partial charge in [0.05, 0.1) is 16.8 Å². The van der Waals surface area contributed by atoms with Gasteiger partial charge in [-0.05, 0) is 61.6 Å². The zero-order chi connectivity index (χ0) is 19.6. The van der Waals surface area contributed by atoms with Crippen LogP contribution in [-0.2, 0) is 16.4 Å². The highest BCUT2D eigenvalue weighted by molar-refractivity contribution is 7.91. The predicted molar refractivity (Wildman–Crippen MR) is 104 cm³/mol. The van der Waals surface area contributed by atoms with Gasteiger partial charge in [-0.1, -0.05) is 12.1 Å². The molecule has 7 heteroatoms. The molecule has 1 aliphatic heterocycles. The van der Waals surface area contributed by atoms with Gasteiger partial charge < -0.3 is 4.74 Å². The molecule has 146 valence electrons. The molecule has 1 atom stereocenters. The van der Waals surface area contributed by atoms with Crippen LogP contribution in [0.1, 0.15) is 30.5 Å². The lowest BCUT2D eigenvalue weighted by Crippen LogP contribution is -2.23. The van der Waals surface area contributed by atoms with Gasteiger partial charge >= 0.3 is 0 Å². The molecular formula is C21H23N3O3S. The van der Waals surface area contributed by atoms with Gasteiger partial charge in [0.15, 0.2) is 9.84 Å². The van der Waals surface area contributed by atoms with Gasteiger partial charge in [-0.15, -0.1) is 0 Å². The third-order valence-corrected chi connectivity index (χ3v) is 7.06. The van der Waals surface area contributed by atoms with E-state index in [4.69, 9.17) is 10.00 Å². The molecule has 0 N–H and O–H groups in total. The number of benzene rings is 1. The van der Waals surface area contributed by atoms with Crippen LogP contribution in [0.2, 0.25) is 0 Å². The van der Waals surface area contributed by atoms with E-state index in [2.05, 4.69) is 22.0 Å². The minimum atomic E-state index is -3.39. The molecule has 1 saturated heterocycles. The Morgan fingerprint density at radius 1 is 1.14 bits per heavy atom. The highest BCUT2D eigenvalue weighted by Crippen LogP contribution is 2.27. The van der Waals surface area contributed by atoms with Gasteiger partial charge in [0.2, 0.25) is 0 Å². The molecule has 0 radical (unpaired) electrons. The molecule has 1 saturated carbocycles. The van der Waals surface area contributed by atoms with E-state index in [9.17, 15) is 8.42 Å². The van der Waals surface area contributed by atoms with E-state index in [1.807, 2.05) is 18.2 Å². The summed E-state index contributed by atoms with van der Waals surface area (Å²) in [5, 5.41) is 8.79. The first-order chi connectivity index (χ1) is 13.5. The van der Waals surface area contributed by atoms with Crippen LogP contribution >= 0.6 is 0 Å². The van der Waals surface area contributed by atoms with Gasteiger partial charge in [0, 0.05) is 19.3 Å². The molecule has 0 spiro atoms. The third kappa shape index (κ3) is 4.70. The topological polar surface area (TPSA) is 83.3 Å². The molecule has 1 aromatic heterocycles. The smallest absolute Gasteiger partial charge is 0.180 e. The second-order valence-corrected chi connectivity index (χ2v) is 9.66. The second kappa shape index (κ2) is 7.90. The molecule has 0 bridgehead atoms. The number of hydrogen-bond acceptors (Lipinski definition) is 6. The fourth-order valence-corrected chi connectivity index (χ4v) is 5.11. The van der Waals surface area contributed by atoms with Gasteiger partial charge in [-0.2, -0.15) is 5.26 Å². The van der Waals surface area contributed by atoms with E-state index in [1.54, 1.807) is 0 Å². The van der Waals surface area contributed by atoms with Crippen molar-refractivity contribution in [3.05, 3.63) is 53.9 Å². The summed E-state index contributed by atoms with van der Waals surface area (Å²) in [6.45, 7) is 2.48. The van der Waals surface area contributed by atoms with Crippen molar-refractivity contribution in [1.29, 1.82) is 5.26 Å². The number of nitriles is 1. The summed E-state index contributed by atoms with van der Waals surface area (Å²) < 4.78 is 31.0. The Bertz CT molecular complexity index is 961.